The number of halogens is 2. The number of H-pyrrole nitrogens is 1. The van der Waals surface area contributed by atoms with Crippen LogP contribution in [0.1, 0.15) is 33.6 Å². The van der Waals surface area contributed by atoms with Crippen molar-refractivity contribution < 1.29 is 9.18 Å². The number of hydrogen-bond acceptors (Lipinski definition) is 3. The van der Waals surface area contributed by atoms with Gasteiger partial charge >= 0.3 is 0 Å². The van der Waals surface area contributed by atoms with Crippen LogP contribution < -0.4 is 5.56 Å². The first-order chi connectivity index (χ1) is 14.0. The maximum Gasteiger partial charge on any atom is 0.256 e. The van der Waals surface area contributed by atoms with Crippen molar-refractivity contribution in [2.75, 3.05) is 6.54 Å². The molecule has 148 valence electrons. The lowest BCUT2D eigenvalue weighted by Crippen LogP contribution is -2.41. The summed E-state index contributed by atoms with van der Waals surface area (Å²) in [5.74, 6) is -0.0728. The van der Waals surface area contributed by atoms with Crippen LogP contribution in [0.2, 0.25) is 0 Å². The van der Waals surface area contributed by atoms with Gasteiger partial charge in [0.15, 0.2) is 0 Å². The smallest absolute Gasteiger partial charge is 0.256 e. The summed E-state index contributed by atoms with van der Waals surface area (Å²) in [5, 5.41) is -0.794. The van der Waals surface area contributed by atoms with E-state index in [0.29, 0.717) is 36.5 Å². The van der Waals surface area contributed by atoms with Crippen LogP contribution >= 0.6 is 11.6 Å². The van der Waals surface area contributed by atoms with E-state index in [1.165, 1.54) is 12.1 Å². The molecular weight excluding hydrogens is 393 g/mol. The number of hydrogen-bond donors (Lipinski definition) is 1. The molecule has 3 aromatic rings. The minimum atomic E-state index is -0.794. The van der Waals surface area contributed by atoms with Crippen LogP contribution in [0.25, 0.3) is 0 Å². The standard InChI is InChI=1S/C22H19ClFN3O2/c23-20(15-6-2-1-3-7-15)22(29)27-10-9-18-17(13-27)21(28)26-19(25-18)12-14-5-4-8-16(24)11-14/h1-8,11,20H,9-10,12-13H2,(H,25,26,28). The molecule has 0 bridgehead atoms. The lowest BCUT2D eigenvalue weighted by Gasteiger charge is -2.29. The monoisotopic (exact) mass is 411 g/mol. The molecular formula is C22H19ClFN3O2. The Hall–Kier alpha value is -2.99. The minimum Gasteiger partial charge on any atom is -0.336 e. The van der Waals surface area contributed by atoms with Crippen LogP contribution in [0, 0.1) is 5.82 Å². The Morgan fingerprint density at radius 3 is 2.76 bits per heavy atom. The van der Waals surface area contributed by atoms with E-state index in [1.54, 1.807) is 29.2 Å². The molecule has 1 N–H and O–H groups in total. The van der Waals surface area contributed by atoms with Crippen molar-refractivity contribution in [1.29, 1.82) is 0 Å². The third-order valence-corrected chi connectivity index (χ3v) is 5.44. The number of nitrogens with zero attached hydrogens (tertiary/aromatic N) is 2. The van der Waals surface area contributed by atoms with Crippen LogP contribution in [0.3, 0.4) is 0 Å². The lowest BCUT2D eigenvalue weighted by atomic mass is 10.0. The van der Waals surface area contributed by atoms with E-state index in [2.05, 4.69) is 9.97 Å². The molecule has 2 heterocycles. The molecule has 1 unspecified atom stereocenters. The fourth-order valence-electron chi connectivity index (χ4n) is 3.51. The molecule has 0 radical (unpaired) electrons. The van der Waals surface area contributed by atoms with Crippen LogP contribution in [0.15, 0.2) is 59.4 Å². The molecule has 1 aliphatic rings. The van der Waals surface area contributed by atoms with Gasteiger partial charge < -0.3 is 9.88 Å². The molecule has 0 saturated heterocycles. The topological polar surface area (TPSA) is 66.1 Å². The van der Waals surface area contributed by atoms with E-state index in [9.17, 15) is 14.0 Å². The Bertz CT molecular complexity index is 1100. The quantitative estimate of drug-likeness (QED) is 0.669. The van der Waals surface area contributed by atoms with E-state index in [4.69, 9.17) is 11.6 Å². The predicted octanol–water partition coefficient (Wildman–Crippen LogP) is 3.36. The molecule has 0 aliphatic carbocycles. The SMILES string of the molecule is O=C(C(Cl)c1ccccc1)N1CCc2nc(Cc3cccc(F)c3)[nH]c(=O)c2C1. The Morgan fingerprint density at radius 1 is 1.21 bits per heavy atom. The number of aromatic nitrogens is 2. The molecule has 5 nitrogen and oxygen atoms in total. The molecule has 29 heavy (non-hydrogen) atoms. The number of rotatable bonds is 4. The zero-order valence-electron chi connectivity index (χ0n) is 15.6. The van der Waals surface area contributed by atoms with E-state index >= 15 is 0 Å². The van der Waals surface area contributed by atoms with Gasteiger partial charge in [-0.3, -0.25) is 9.59 Å². The second kappa shape index (κ2) is 8.17. The minimum absolute atomic E-state index is 0.173. The van der Waals surface area contributed by atoms with Gasteiger partial charge in [-0.05, 0) is 23.3 Å². The molecule has 7 heteroatoms. The van der Waals surface area contributed by atoms with Gasteiger partial charge in [-0.25, -0.2) is 9.37 Å². The van der Waals surface area contributed by atoms with Gasteiger partial charge in [0.25, 0.3) is 5.56 Å². The van der Waals surface area contributed by atoms with Crippen LogP contribution in [-0.2, 0) is 24.2 Å². The van der Waals surface area contributed by atoms with Gasteiger partial charge in [-0.15, -0.1) is 11.6 Å². The van der Waals surface area contributed by atoms with E-state index in [1.807, 2.05) is 18.2 Å². The normalized spacial score (nSPS) is 14.3. The fourth-order valence-corrected chi connectivity index (χ4v) is 3.80. The number of aromatic amines is 1. The third kappa shape index (κ3) is 4.22. The average molecular weight is 412 g/mol. The highest BCUT2D eigenvalue weighted by Gasteiger charge is 2.29. The van der Waals surface area contributed by atoms with Crippen molar-refractivity contribution in [2.24, 2.45) is 0 Å². The van der Waals surface area contributed by atoms with Crippen molar-refractivity contribution >= 4 is 17.5 Å². The van der Waals surface area contributed by atoms with E-state index < -0.39 is 5.38 Å². The summed E-state index contributed by atoms with van der Waals surface area (Å²) >= 11 is 6.36. The number of carbonyl (C=O) groups is 1. The van der Waals surface area contributed by atoms with E-state index in [-0.39, 0.29) is 23.8 Å². The van der Waals surface area contributed by atoms with Gasteiger partial charge in [0.05, 0.1) is 17.8 Å². The van der Waals surface area contributed by atoms with E-state index in [0.717, 1.165) is 11.1 Å². The van der Waals surface area contributed by atoms with Crippen LogP contribution in [0.5, 0.6) is 0 Å². The summed E-state index contributed by atoms with van der Waals surface area (Å²) in [6.07, 6.45) is 0.806. The van der Waals surface area contributed by atoms with Crippen LogP contribution in [0.4, 0.5) is 4.39 Å². The summed E-state index contributed by atoms with van der Waals surface area (Å²) in [5.41, 5.74) is 2.33. The number of carbonyl (C=O) groups excluding carboxylic acids is 1. The Morgan fingerprint density at radius 2 is 2.00 bits per heavy atom. The molecule has 2 aromatic carbocycles. The zero-order valence-corrected chi connectivity index (χ0v) is 16.3. The number of fused-ring (bicyclic) bond motifs is 1. The summed E-state index contributed by atoms with van der Waals surface area (Å²) < 4.78 is 13.4. The molecule has 4 rings (SSSR count). The molecule has 0 saturated carbocycles. The summed E-state index contributed by atoms with van der Waals surface area (Å²) in [6.45, 7) is 0.616. The average Bonchev–Trinajstić information content (AvgIpc) is 2.73. The Kier molecular flexibility index (Phi) is 5.45. The Balaban J connectivity index is 1.53. The second-order valence-corrected chi connectivity index (χ2v) is 7.46. The highest BCUT2D eigenvalue weighted by atomic mass is 35.5. The third-order valence-electron chi connectivity index (χ3n) is 5.00. The first-order valence-electron chi connectivity index (χ1n) is 9.34. The molecule has 0 spiro atoms. The molecule has 1 amide bonds. The second-order valence-electron chi connectivity index (χ2n) is 7.03. The number of alkyl halides is 1. The van der Waals surface area contributed by atoms with Crippen LogP contribution in [-0.4, -0.2) is 27.3 Å². The molecule has 1 aliphatic heterocycles. The first-order valence-corrected chi connectivity index (χ1v) is 9.78. The van der Waals surface area contributed by atoms with Gasteiger partial charge in [-0.1, -0.05) is 42.5 Å². The largest absolute Gasteiger partial charge is 0.336 e. The van der Waals surface area contributed by atoms with Gasteiger partial charge in [0.2, 0.25) is 5.91 Å². The maximum absolute atomic E-state index is 13.4. The van der Waals surface area contributed by atoms with Crippen molar-refractivity contribution in [3.8, 4) is 0 Å². The molecule has 1 atom stereocenters. The summed E-state index contributed by atoms with van der Waals surface area (Å²) in [4.78, 5) is 34.3. The Labute approximate surface area is 172 Å². The van der Waals surface area contributed by atoms with Gasteiger partial charge in [-0.2, -0.15) is 0 Å². The first kappa shape index (κ1) is 19.3. The van der Waals surface area contributed by atoms with Crippen molar-refractivity contribution in [2.45, 2.75) is 24.8 Å². The molecule has 0 fully saturated rings. The number of amides is 1. The maximum atomic E-state index is 13.4. The predicted molar refractivity (Wildman–Crippen MR) is 108 cm³/mol. The molecule has 1 aromatic heterocycles. The van der Waals surface area contributed by atoms with Crippen molar-refractivity contribution in [1.82, 2.24) is 14.9 Å². The van der Waals surface area contributed by atoms with Crippen molar-refractivity contribution in [3.05, 3.63) is 99.0 Å². The summed E-state index contributed by atoms with van der Waals surface area (Å²) in [7, 11) is 0. The number of benzene rings is 2. The van der Waals surface area contributed by atoms with Gasteiger partial charge in [0, 0.05) is 19.4 Å². The highest BCUT2D eigenvalue weighted by molar-refractivity contribution is 6.30. The highest BCUT2D eigenvalue weighted by Crippen LogP contribution is 2.25. The number of nitrogens with one attached hydrogen (secondary N) is 1. The van der Waals surface area contributed by atoms with Gasteiger partial charge in [0.1, 0.15) is 17.0 Å². The van der Waals surface area contributed by atoms with Crippen molar-refractivity contribution in [3.63, 3.8) is 0 Å². The summed E-state index contributed by atoms with van der Waals surface area (Å²) in [6, 6.07) is 15.3. The fraction of sp³-hybridized carbons (Fsp3) is 0.227. The zero-order chi connectivity index (χ0) is 20.4. The lowest BCUT2D eigenvalue weighted by molar-refractivity contribution is -0.131.